The van der Waals surface area contributed by atoms with Gasteiger partial charge in [0.05, 0.1) is 11.4 Å². The second-order valence-electron chi connectivity index (χ2n) is 8.51. The first-order valence-corrected chi connectivity index (χ1v) is 12.3. The largest absolute Gasteiger partial charge is 0.406 e. The SMILES string of the molecule is Cc1ccccc1NC(=O)c1ccc(N(CC(F)(F)F)c2nc(-c3c(C)nc4ccccn34)cs2)cc1. The van der Waals surface area contributed by atoms with Gasteiger partial charge in [-0.15, -0.1) is 11.3 Å². The molecule has 0 bridgehead atoms. The molecule has 0 radical (unpaired) electrons. The lowest BCUT2D eigenvalue weighted by Gasteiger charge is -2.23. The summed E-state index contributed by atoms with van der Waals surface area (Å²) in [6.07, 6.45) is -2.62. The average molecular weight is 522 g/mol. The van der Waals surface area contributed by atoms with Crippen LogP contribution in [0.2, 0.25) is 0 Å². The molecule has 2 aromatic carbocycles. The fourth-order valence-electron chi connectivity index (χ4n) is 4.07. The highest BCUT2D eigenvalue weighted by molar-refractivity contribution is 7.14. The number of nitrogens with zero attached hydrogens (tertiary/aromatic N) is 4. The Hall–Kier alpha value is -4.18. The maximum atomic E-state index is 13.6. The van der Waals surface area contributed by atoms with Crippen LogP contribution in [0.5, 0.6) is 0 Å². The normalized spacial score (nSPS) is 11.6. The topological polar surface area (TPSA) is 62.5 Å². The van der Waals surface area contributed by atoms with E-state index in [4.69, 9.17) is 0 Å². The summed E-state index contributed by atoms with van der Waals surface area (Å²) >= 11 is 1.12. The van der Waals surface area contributed by atoms with Crippen LogP contribution in [0, 0.1) is 13.8 Å². The minimum Gasteiger partial charge on any atom is -0.322 e. The Morgan fingerprint density at radius 1 is 1.00 bits per heavy atom. The molecule has 0 fully saturated rings. The summed E-state index contributed by atoms with van der Waals surface area (Å²) in [5.41, 5.74) is 4.93. The number of fused-ring (bicyclic) bond motifs is 1. The van der Waals surface area contributed by atoms with Crippen molar-refractivity contribution in [3.63, 3.8) is 0 Å². The van der Waals surface area contributed by atoms with Crippen molar-refractivity contribution < 1.29 is 18.0 Å². The lowest BCUT2D eigenvalue weighted by atomic mass is 10.1. The number of imidazole rings is 1. The molecule has 3 heterocycles. The zero-order chi connectivity index (χ0) is 26.2. The zero-order valence-corrected chi connectivity index (χ0v) is 20.8. The van der Waals surface area contributed by atoms with Crippen LogP contribution in [0.4, 0.5) is 29.7 Å². The monoisotopic (exact) mass is 521 g/mol. The molecule has 3 aromatic heterocycles. The molecular weight excluding hydrogens is 499 g/mol. The van der Waals surface area contributed by atoms with Crippen LogP contribution in [0.25, 0.3) is 17.0 Å². The van der Waals surface area contributed by atoms with Crippen molar-refractivity contribution in [2.75, 3.05) is 16.8 Å². The van der Waals surface area contributed by atoms with Crippen LogP contribution in [-0.2, 0) is 0 Å². The van der Waals surface area contributed by atoms with Crippen molar-refractivity contribution in [2.24, 2.45) is 0 Å². The van der Waals surface area contributed by atoms with Gasteiger partial charge in [0.25, 0.3) is 5.91 Å². The van der Waals surface area contributed by atoms with Crippen LogP contribution >= 0.6 is 11.3 Å². The number of thiazole rings is 1. The molecule has 0 atom stereocenters. The minimum absolute atomic E-state index is 0.190. The van der Waals surface area contributed by atoms with E-state index in [1.54, 1.807) is 11.4 Å². The van der Waals surface area contributed by atoms with Crippen molar-refractivity contribution in [3.05, 3.63) is 95.1 Å². The van der Waals surface area contributed by atoms with Gasteiger partial charge in [-0.25, -0.2) is 9.97 Å². The molecule has 0 saturated heterocycles. The van der Waals surface area contributed by atoms with Gasteiger partial charge in [-0.2, -0.15) is 13.2 Å². The Balaban J connectivity index is 1.45. The number of para-hydroxylation sites is 1. The highest BCUT2D eigenvalue weighted by atomic mass is 32.1. The lowest BCUT2D eigenvalue weighted by molar-refractivity contribution is -0.118. The molecule has 5 rings (SSSR count). The number of hydrogen-bond acceptors (Lipinski definition) is 5. The summed E-state index contributed by atoms with van der Waals surface area (Å²) in [7, 11) is 0. The fraction of sp³-hybridized carbons (Fsp3) is 0.148. The summed E-state index contributed by atoms with van der Waals surface area (Å²) in [6, 6.07) is 19.0. The standard InChI is InChI=1S/C27H22F3N5OS/c1-17-7-3-4-8-21(17)32-25(36)19-10-12-20(13-11-19)35(16-27(28,29)30)26-33-22(15-37-26)24-18(2)31-23-9-5-6-14-34(23)24/h3-15H,16H2,1-2H3,(H,32,36). The summed E-state index contributed by atoms with van der Waals surface area (Å²) < 4.78 is 42.6. The number of carbonyl (C=O) groups excluding carboxylic acids is 1. The number of anilines is 3. The number of aromatic nitrogens is 3. The molecule has 0 saturated carbocycles. The summed E-state index contributed by atoms with van der Waals surface area (Å²) in [5.74, 6) is -0.345. The van der Waals surface area contributed by atoms with E-state index in [1.807, 2.05) is 60.8 Å². The number of carbonyl (C=O) groups is 1. The first-order valence-electron chi connectivity index (χ1n) is 11.4. The van der Waals surface area contributed by atoms with Crippen LogP contribution in [-0.4, -0.2) is 33.0 Å². The molecule has 0 unspecified atom stereocenters. The quantitative estimate of drug-likeness (QED) is 0.261. The van der Waals surface area contributed by atoms with E-state index < -0.39 is 12.7 Å². The van der Waals surface area contributed by atoms with Crippen molar-refractivity contribution in [1.82, 2.24) is 14.4 Å². The van der Waals surface area contributed by atoms with Gasteiger partial charge in [-0.3, -0.25) is 9.20 Å². The van der Waals surface area contributed by atoms with E-state index in [1.165, 1.54) is 24.3 Å². The molecule has 1 amide bonds. The van der Waals surface area contributed by atoms with Gasteiger partial charge in [0, 0.05) is 28.5 Å². The summed E-state index contributed by atoms with van der Waals surface area (Å²) in [4.78, 5) is 22.9. The smallest absolute Gasteiger partial charge is 0.322 e. The predicted octanol–water partition coefficient (Wildman–Crippen LogP) is 7.03. The van der Waals surface area contributed by atoms with Crippen LogP contribution in [0.3, 0.4) is 0 Å². The average Bonchev–Trinajstić information content (AvgIpc) is 3.47. The maximum Gasteiger partial charge on any atom is 0.406 e. The summed E-state index contributed by atoms with van der Waals surface area (Å²) in [6.45, 7) is 2.50. The zero-order valence-electron chi connectivity index (χ0n) is 20.0. The molecule has 188 valence electrons. The Morgan fingerprint density at radius 3 is 2.46 bits per heavy atom. The van der Waals surface area contributed by atoms with E-state index in [0.717, 1.165) is 38.8 Å². The maximum absolute atomic E-state index is 13.6. The molecule has 0 spiro atoms. The molecule has 1 N–H and O–H groups in total. The molecule has 0 aliphatic rings. The number of nitrogens with one attached hydrogen (secondary N) is 1. The first-order chi connectivity index (χ1) is 17.7. The number of pyridine rings is 1. The predicted molar refractivity (Wildman–Crippen MR) is 140 cm³/mol. The van der Waals surface area contributed by atoms with E-state index in [2.05, 4.69) is 15.3 Å². The molecule has 0 aliphatic carbocycles. The van der Waals surface area contributed by atoms with Gasteiger partial charge in [-0.05, 0) is 61.9 Å². The van der Waals surface area contributed by atoms with Crippen molar-refractivity contribution in [1.29, 1.82) is 0 Å². The van der Waals surface area contributed by atoms with Crippen LogP contribution in [0.1, 0.15) is 21.6 Å². The highest BCUT2D eigenvalue weighted by Gasteiger charge is 2.33. The van der Waals surface area contributed by atoms with E-state index >= 15 is 0 Å². The second kappa shape index (κ2) is 9.70. The Bertz CT molecular complexity index is 1570. The third-order valence-corrected chi connectivity index (χ3v) is 6.71. The molecular formula is C27H22F3N5OS. The molecule has 0 aliphatic heterocycles. The van der Waals surface area contributed by atoms with Crippen molar-refractivity contribution in [3.8, 4) is 11.4 Å². The van der Waals surface area contributed by atoms with Gasteiger partial charge in [0.2, 0.25) is 0 Å². The number of alkyl halides is 3. The number of benzene rings is 2. The number of hydrogen-bond donors (Lipinski definition) is 1. The van der Waals surface area contributed by atoms with Gasteiger partial charge >= 0.3 is 6.18 Å². The third kappa shape index (κ3) is 5.19. The minimum atomic E-state index is -4.47. The second-order valence-corrected chi connectivity index (χ2v) is 9.34. The number of amides is 1. The van der Waals surface area contributed by atoms with Crippen molar-refractivity contribution in [2.45, 2.75) is 20.0 Å². The third-order valence-electron chi connectivity index (χ3n) is 5.84. The molecule has 5 aromatic rings. The fourth-order valence-corrected chi connectivity index (χ4v) is 4.90. The number of aryl methyl sites for hydroxylation is 2. The van der Waals surface area contributed by atoms with E-state index in [9.17, 15) is 18.0 Å². The van der Waals surface area contributed by atoms with E-state index in [-0.39, 0.29) is 16.7 Å². The molecule has 37 heavy (non-hydrogen) atoms. The van der Waals surface area contributed by atoms with Crippen LogP contribution < -0.4 is 10.2 Å². The lowest BCUT2D eigenvalue weighted by Crippen LogP contribution is -2.30. The molecule has 6 nitrogen and oxygen atoms in total. The van der Waals surface area contributed by atoms with E-state index in [0.29, 0.717) is 16.9 Å². The Labute approximate surface area is 215 Å². The summed E-state index contributed by atoms with van der Waals surface area (Å²) in [5, 5.41) is 4.75. The Morgan fingerprint density at radius 2 is 1.73 bits per heavy atom. The van der Waals surface area contributed by atoms with Gasteiger partial charge < -0.3 is 10.2 Å². The molecule has 10 heteroatoms. The Kier molecular flexibility index (Phi) is 6.43. The van der Waals surface area contributed by atoms with Gasteiger partial charge in [0.15, 0.2) is 5.13 Å². The first kappa shape index (κ1) is 24.5. The van der Waals surface area contributed by atoms with Gasteiger partial charge in [-0.1, -0.05) is 24.3 Å². The number of halogens is 3. The van der Waals surface area contributed by atoms with Crippen molar-refractivity contribution >= 4 is 39.4 Å². The highest BCUT2D eigenvalue weighted by Crippen LogP contribution is 2.36. The van der Waals surface area contributed by atoms with Gasteiger partial charge in [0.1, 0.15) is 17.9 Å². The van der Waals surface area contributed by atoms with Crippen LogP contribution in [0.15, 0.2) is 78.3 Å². The number of rotatable bonds is 6.